The third-order valence-corrected chi connectivity index (χ3v) is 4.74. The lowest BCUT2D eigenvalue weighted by Crippen LogP contribution is -2.45. The van der Waals surface area contributed by atoms with Gasteiger partial charge in [0.05, 0.1) is 0 Å². The minimum absolute atomic E-state index is 0.228. The summed E-state index contributed by atoms with van der Waals surface area (Å²) in [5, 5.41) is 3.56. The first-order chi connectivity index (χ1) is 12.4. The monoisotopic (exact) mass is 394 g/mol. The molecule has 0 spiro atoms. The Hall–Kier alpha value is -2.11. The fourth-order valence-corrected chi connectivity index (χ4v) is 3.56. The molecule has 1 saturated heterocycles. The standard InChI is InChI=1S/C19H17Cl2FN2O2/c20-14-8-13(9-15(21)10-14)19(26)24-7-1-2-17(24)18(25)23-11-12-3-5-16(22)6-4-12/h3-6,8-10,17H,1-2,7,11H2,(H,23,25)/t17-/m0/s1. The molecule has 0 aromatic heterocycles. The summed E-state index contributed by atoms with van der Waals surface area (Å²) in [4.78, 5) is 26.8. The summed E-state index contributed by atoms with van der Waals surface area (Å²) in [5.41, 5.74) is 1.15. The van der Waals surface area contributed by atoms with Crippen molar-refractivity contribution in [3.8, 4) is 0 Å². The Morgan fingerprint density at radius 3 is 2.42 bits per heavy atom. The number of carbonyl (C=O) groups excluding carboxylic acids is 2. The van der Waals surface area contributed by atoms with Crippen LogP contribution in [0.3, 0.4) is 0 Å². The van der Waals surface area contributed by atoms with Crippen LogP contribution in [-0.2, 0) is 11.3 Å². The summed E-state index contributed by atoms with van der Waals surface area (Å²) < 4.78 is 12.9. The van der Waals surface area contributed by atoms with E-state index < -0.39 is 6.04 Å². The molecular formula is C19H17Cl2FN2O2. The van der Waals surface area contributed by atoms with Gasteiger partial charge in [0.25, 0.3) is 5.91 Å². The molecule has 0 aliphatic carbocycles. The fraction of sp³-hybridized carbons (Fsp3) is 0.263. The van der Waals surface area contributed by atoms with Crippen LogP contribution in [0.2, 0.25) is 10.0 Å². The molecule has 0 unspecified atom stereocenters. The average molecular weight is 395 g/mol. The number of benzene rings is 2. The van der Waals surface area contributed by atoms with Crippen molar-refractivity contribution >= 4 is 35.0 Å². The first-order valence-corrected chi connectivity index (χ1v) is 8.99. The second kappa shape index (κ2) is 8.06. The van der Waals surface area contributed by atoms with Gasteiger partial charge in [-0.25, -0.2) is 4.39 Å². The quantitative estimate of drug-likeness (QED) is 0.849. The Labute approximate surface area is 160 Å². The number of hydrogen-bond acceptors (Lipinski definition) is 2. The predicted molar refractivity (Wildman–Crippen MR) is 98.8 cm³/mol. The Bertz CT molecular complexity index is 807. The first-order valence-electron chi connectivity index (χ1n) is 8.23. The largest absolute Gasteiger partial charge is 0.350 e. The number of nitrogens with one attached hydrogen (secondary N) is 1. The number of nitrogens with zero attached hydrogens (tertiary/aromatic N) is 1. The number of rotatable bonds is 4. The zero-order valence-electron chi connectivity index (χ0n) is 13.8. The molecular weight excluding hydrogens is 378 g/mol. The number of halogens is 3. The van der Waals surface area contributed by atoms with E-state index in [4.69, 9.17) is 23.2 Å². The van der Waals surface area contributed by atoms with Crippen LogP contribution in [-0.4, -0.2) is 29.3 Å². The lowest BCUT2D eigenvalue weighted by Gasteiger charge is -2.24. The van der Waals surface area contributed by atoms with Gasteiger partial charge in [0.15, 0.2) is 0 Å². The Kier molecular flexibility index (Phi) is 5.79. The molecule has 0 bridgehead atoms. The Morgan fingerprint density at radius 2 is 1.77 bits per heavy atom. The maximum absolute atomic E-state index is 12.9. The molecule has 2 aromatic rings. The molecule has 136 valence electrons. The van der Waals surface area contributed by atoms with E-state index >= 15 is 0 Å². The van der Waals surface area contributed by atoms with Gasteiger partial charge in [-0.3, -0.25) is 9.59 Å². The van der Waals surface area contributed by atoms with Crippen molar-refractivity contribution in [3.05, 3.63) is 69.5 Å². The van der Waals surface area contributed by atoms with E-state index in [0.29, 0.717) is 28.6 Å². The molecule has 1 aliphatic heterocycles. The maximum Gasteiger partial charge on any atom is 0.254 e. The highest BCUT2D eigenvalue weighted by Gasteiger charge is 2.34. The van der Waals surface area contributed by atoms with Crippen LogP contribution in [0.1, 0.15) is 28.8 Å². The smallest absolute Gasteiger partial charge is 0.254 e. The highest BCUT2D eigenvalue weighted by atomic mass is 35.5. The SMILES string of the molecule is O=C(NCc1ccc(F)cc1)[C@@H]1CCCN1C(=O)c1cc(Cl)cc(Cl)c1. The van der Waals surface area contributed by atoms with Gasteiger partial charge >= 0.3 is 0 Å². The molecule has 1 atom stereocenters. The van der Waals surface area contributed by atoms with Crippen LogP contribution >= 0.6 is 23.2 Å². The maximum atomic E-state index is 12.9. The van der Waals surface area contributed by atoms with Crippen molar-refractivity contribution in [1.82, 2.24) is 10.2 Å². The van der Waals surface area contributed by atoms with Crippen LogP contribution in [0.15, 0.2) is 42.5 Å². The summed E-state index contributed by atoms with van der Waals surface area (Å²) >= 11 is 11.9. The third-order valence-electron chi connectivity index (χ3n) is 4.31. The second-order valence-electron chi connectivity index (χ2n) is 6.16. The normalized spacial score (nSPS) is 16.6. The first kappa shape index (κ1) is 18.7. The Morgan fingerprint density at radius 1 is 1.12 bits per heavy atom. The highest BCUT2D eigenvalue weighted by molar-refractivity contribution is 6.35. The zero-order valence-corrected chi connectivity index (χ0v) is 15.4. The van der Waals surface area contributed by atoms with Crippen LogP contribution in [0.4, 0.5) is 4.39 Å². The van der Waals surface area contributed by atoms with E-state index in [1.165, 1.54) is 12.1 Å². The van der Waals surface area contributed by atoms with E-state index in [0.717, 1.165) is 12.0 Å². The van der Waals surface area contributed by atoms with Gasteiger partial charge in [0.1, 0.15) is 11.9 Å². The fourth-order valence-electron chi connectivity index (χ4n) is 3.03. The molecule has 4 nitrogen and oxygen atoms in total. The lowest BCUT2D eigenvalue weighted by molar-refractivity contribution is -0.125. The van der Waals surface area contributed by atoms with Crippen LogP contribution in [0.25, 0.3) is 0 Å². The molecule has 1 heterocycles. The van der Waals surface area contributed by atoms with E-state index in [9.17, 15) is 14.0 Å². The Balaban J connectivity index is 1.67. The average Bonchev–Trinajstić information content (AvgIpc) is 3.09. The molecule has 0 saturated carbocycles. The van der Waals surface area contributed by atoms with Crippen LogP contribution in [0.5, 0.6) is 0 Å². The molecule has 1 aliphatic rings. The van der Waals surface area contributed by atoms with E-state index in [1.54, 1.807) is 35.2 Å². The van der Waals surface area contributed by atoms with E-state index in [-0.39, 0.29) is 24.2 Å². The summed E-state index contributed by atoms with van der Waals surface area (Å²) in [6.07, 6.45) is 1.34. The van der Waals surface area contributed by atoms with Gasteiger partial charge in [0.2, 0.25) is 5.91 Å². The molecule has 7 heteroatoms. The van der Waals surface area contributed by atoms with Crippen LogP contribution in [0, 0.1) is 5.82 Å². The van der Waals surface area contributed by atoms with Gasteiger partial charge in [-0.05, 0) is 48.7 Å². The van der Waals surface area contributed by atoms with Crippen molar-refractivity contribution in [2.45, 2.75) is 25.4 Å². The van der Waals surface area contributed by atoms with Crippen molar-refractivity contribution in [3.63, 3.8) is 0 Å². The molecule has 1 N–H and O–H groups in total. The van der Waals surface area contributed by atoms with E-state index in [1.807, 2.05) is 0 Å². The van der Waals surface area contributed by atoms with Crippen molar-refractivity contribution in [2.24, 2.45) is 0 Å². The van der Waals surface area contributed by atoms with Gasteiger partial charge in [0, 0.05) is 28.7 Å². The molecule has 3 rings (SSSR count). The van der Waals surface area contributed by atoms with Gasteiger partial charge < -0.3 is 10.2 Å². The lowest BCUT2D eigenvalue weighted by atomic mass is 10.1. The summed E-state index contributed by atoms with van der Waals surface area (Å²) in [7, 11) is 0. The molecule has 2 aromatic carbocycles. The highest BCUT2D eigenvalue weighted by Crippen LogP contribution is 2.24. The third kappa shape index (κ3) is 4.34. The predicted octanol–water partition coefficient (Wildman–Crippen LogP) is 4.05. The zero-order chi connectivity index (χ0) is 18.7. The number of likely N-dealkylation sites (tertiary alicyclic amines) is 1. The summed E-state index contributed by atoms with van der Waals surface area (Å²) in [6, 6.07) is 10.0. The minimum Gasteiger partial charge on any atom is -0.350 e. The van der Waals surface area contributed by atoms with Gasteiger partial charge in [-0.15, -0.1) is 0 Å². The number of hydrogen-bond donors (Lipinski definition) is 1. The molecule has 0 radical (unpaired) electrons. The van der Waals surface area contributed by atoms with Crippen molar-refractivity contribution in [2.75, 3.05) is 6.54 Å². The number of carbonyl (C=O) groups is 2. The van der Waals surface area contributed by atoms with Crippen molar-refractivity contribution in [1.29, 1.82) is 0 Å². The van der Waals surface area contributed by atoms with E-state index in [2.05, 4.69) is 5.32 Å². The summed E-state index contributed by atoms with van der Waals surface area (Å²) in [5.74, 6) is -0.824. The van der Waals surface area contributed by atoms with Crippen molar-refractivity contribution < 1.29 is 14.0 Å². The summed E-state index contributed by atoms with van der Waals surface area (Å²) in [6.45, 7) is 0.776. The molecule has 26 heavy (non-hydrogen) atoms. The minimum atomic E-state index is -0.541. The number of amides is 2. The second-order valence-corrected chi connectivity index (χ2v) is 7.03. The molecule has 2 amide bonds. The topological polar surface area (TPSA) is 49.4 Å². The molecule has 1 fully saturated rings. The van der Waals surface area contributed by atoms with Gasteiger partial charge in [-0.2, -0.15) is 0 Å². The van der Waals surface area contributed by atoms with Gasteiger partial charge in [-0.1, -0.05) is 35.3 Å². The van der Waals surface area contributed by atoms with Crippen LogP contribution < -0.4 is 5.32 Å².